The molecule has 0 bridgehead atoms. The second-order valence-corrected chi connectivity index (χ2v) is 15.2. The Morgan fingerprint density at radius 2 is 1.15 bits per heavy atom. The van der Waals surface area contributed by atoms with Crippen molar-refractivity contribution in [2.75, 3.05) is 0 Å². The molecule has 0 aliphatic heterocycles. The SMILES string of the molecule is c1cc2ccc3cc(-c4nc(-n5c6ccccc6c6cc7ccc8oc9ccccc9c8c7cc65)nc5c4sc4ccccc45)cc4ccc(c1)c2c34. The van der Waals surface area contributed by atoms with Gasteiger partial charge < -0.3 is 4.42 Å². The van der Waals surface area contributed by atoms with Crippen molar-refractivity contribution in [3.63, 3.8) is 0 Å². The van der Waals surface area contributed by atoms with Crippen molar-refractivity contribution in [3.05, 3.63) is 152 Å². The summed E-state index contributed by atoms with van der Waals surface area (Å²) in [5, 5.41) is 15.7. The summed E-state index contributed by atoms with van der Waals surface area (Å²) in [4.78, 5) is 11.0. The van der Waals surface area contributed by atoms with Gasteiger partial charge in [0.15, 0.2) is 0 Å². The minimum absolute atomic E-state index is 0.663. The molecule has 0 N–H and O–H groups in total. The van der Waals surface area contributed by atoms with Crippen LogP contribution in [0.25, 0.3) is 124 Å². The fraction of sp³-hybridized carbons (Fsp3) is 0. The van der Waals surface area contributed by atoms with Gasteiger partial charge in [0, 0.05) is 37.2 Å². The van der Waals surface area contributed by atoms with Crippen molar-refractivity contribution in [2.45, 2.75) is 0 Å². The quantitative estimate of drug-likeness (QED) is 0.170. The van der Waals surface area contributed by atoms with E-state index in [-0.39, 0.29) is 0 Å². The standard InChI is InChI=1S/C48H25N3OS/c1-4-13-37-32(10-1)36-24-28-20-21-40-44(33-11-2-5-14-39(33)52-40)35(28)25-38(36)51(37)48-49-45(47-46(50-48)34-12-3-6-15-41(34)53-47)31-22-29-18-16-26-8-7-9-27-17-19-30(23-31)43(29)42(26)27/h1-25H. The maximum atomic E-state index is 6.33. The highest BCUT2D eigenvalue weighted by atomic mass is 32.1. The Morgan fingerprint density at radius 1 is 0.453 bits per heavy atom. The Hall–Kier alpha value is -6.82. The number of hydrogen-bond acceptors (Lipinski definition) is 4. The third-order valence-electron chi connectivity index (χ3n) is 11.3. The summed E-state index contributed by atoms with van der Waals surface area (Å²) in [6.07, 6.45) is 0. The van der Waals surface area contributed by atoms with Crippen molar-refractivity contribution in [2.24, 2.45) is 0 Å². The molecule has 0 atom stereocenters. The van der Waals surface area contributed by atoms with E-state index in [1.165, 1.54) is 53.2 Å². The fourth-order valence-electron chi connectivity index (χ4n) is 8.99. The van der Waals surface area contributed by atoms with Crippen molar-refractivity contribution in [1.82, 2.24) is 14.5 Å². The maximum absolute atomic E-state index is 6.33. The van der Waals surface area contributed by atoms with Crippen LogP contribution in [0.3, 0.4) is 0 Å². The van der Waals surface area contributed by atoms with E-state index in [0.29, 0.717) is 5.95 Å². The van der Waals surface area contributed by atoms with E-state index in [1.54, 1.807) is 11.3 Å². The summed E-state index contributed by atoms with van der Waals surface area (Å²) in [6.45, 7) is 0. The molecule has 13 rings (SSSR count). The number of aromatic nitrogens is 3. The van der Waals surface area contributed by atoms with Gasteiger partial charge in [0.2, 0.25) is 5.95 Å². The minimum Gasteiger partial charge on any atom is -0.456 e. The highest BCUT2D eigenvalue weighted by molar-refractivity contribution is 7.26. The zero-order valence-electron chi connectivity index (χ0n) is 28.1. The predicted octanol–water partition coefficient (Wildman–Crippen LogP) is 13.6. The van der Waals surface area contributed by atoms with Crippen LogP contribution in [-0.2, 0) is 0 Å². The first-order valence-corrected chi connectivity index (χ1v) is 18.7. The zero-order chi connectivity index (χ0) is 34.4. The number of fused-ring (bicyclic) bond motifs is 11. The molecule has 0 amide bonds. The van der Waals surface area contributed by atoms with Crippen LogP contribution in [0.15, 0.2) is 156 Å². The molecule has 4 aromatic heterocycles. The van der Waals surface area contributed by atoms with Gasteiger partial charge in [-0.1, -0.05) is 103 Å². The van der Waals surface area contributed by atoms with Gasteiger partial charge in [-0.2, -0.15) is 0 Å². The van der Waals surface area contributed by atoms with Gasteiger partial charge in [0.25, 0.3) is 0 Å². The van der Waals surface area contributed by atoms with Gasteiger partial charge in [-0.25, -0.2) is 9.97 Å². The van der Waals surface area contributed by atoms with Crippen molar-refractivity contribution in [3.8, 4) is 17.2 Å². The van der Waals surface area contributed by atoms with Gasteiger partial charge in [0.05, 0.1) is 26.9 Å². The number of benzene rings is 9. The lowest BCUT2D eigenvalue weighted by Crippen LogP contribution is -2.03. The first kappa shape index (κ1) is 27.8. The first-order valence-electron chi connectivity index (χ1n) is 17.9. The molecule has 5 heteroatoms. The predicted molar refractivity (Wildman–Crippen MR) is 223 cm³/mol. The van der Waals surface area contributed by atoms with E-state index < -0.39 is 0 Å². The van der Waals surface area contributed by atoms with Crippen molar-refractivity contribution in [1.29, 1.82) is 0 Å². The molecule has 244 valence electrons. The molecular formula is C48H25N3OS. The molecule has 4 heterocycles. The topological polar surface area (TPSA) is 43.9 Å². The third-order valence-corrected chi connectivity index (χ3v) is 12.5. The van der Waals surface area contributed by atoms with E-state index in [4.69, 9.17) is 14.4 Å². The van der Waals surface area contributed by atoms with Crippen molar-refractivity contribution < 1.29 is 4.42 Å². The average molecular weight is 692 g/mol. The zero-order valence-corrected chi connectivity index (χ0v) is 28.9. The monoisotopic (exact) mass is 691 g/mol. The number of thiophene rings is 1. The normalized spacial score (nSPS) is 12.5. The molecule has 0 aliphatic rings. The Kier molecular flexibility index (Phi) is 5.22. The summed E-state index contributed by atoms with van der Waals surface area (Å²) < 4.78 is 10.9. The Balaban J connectivity index is 1.16. The largest absolute Gasteiger partial charge is 0.456 e. The van der Waals surface area contributed by atoms with Crippen LogP contribution in [0, 0.1) is 0 Å². The van der Waals surface area contributed by atoms with Gasteiger partial charge in [-0.15, -0.1) is 11.3 Å². The lowest BCUT2D eigenvalue weighted by Gasteiger charge is -2.14. The van der Waals surface area contributed by atoms with Crippen LogP contribution in [0.2, 0.25) is 0 Å². The molecule has 4 nitrogen and oxygen atoms in total. The van der Waals surface area contributed by atoms with Crippen LogP contribution in [-0.4, -0.2) is 14.5 Å². The fourth-order valence-corrected chi connectivity index (χ4v) is 10.1. The van der Waals surface area contributed by atoms with E-state index in [1.807, 2.05) is 12.1 Å². The Labute approximate surface area is 305 Å². The van der Waals surface area contributed by atoms with Gasteiger partial charge in [-0.3, -0.25) is 4.57 Å². The lowest BCUT2D eigenvalue weighted by atomic mass is 9.92. The smallest absolute Gasteiger partial charge is 0.235 e. The molecule has 0 spiro atoms. The number of hydrogen-bond donors (Lipinski definition) is 0. The van der Waals surface area contributed by atoms with Gasteiger partial charge in [-0.05, 0) is 91.6 Å². The summed E-state index contributed by atoms with van der Waals surface area (Å²) in [5.74, 6) is 0.663. The highest BCUT2D eigenvalue weighted by Gasteiger charge is 2.22. The number of rotatable bonds is 2. The summed E-state index contributed by atoms with van der Waals surface area (Å²) in [6, 6.07) is 54.7. The highest BCUT2D eigenvalue weighted by Crippen LogP contribution is 2.44. The summed E-state index contributed by atoms with van der Waals surface area (Å²) in [5.41, 5.74) is 6.95. The number of nitrogens with zero attached hydrogens (tertiary/aromatic N) is 3. The second kappa shape index (κ2) is 9.94. The molecule has 0 aliphatic carbocycles. The molecule has 0 fully saturated rings. The van der Waals surface area contributed by atoms with Crippen LogP contribution < -0.4 is 0 Å². The van der Waals surface area contributed by atoms with E-state index in [2.05, 4.69) is 144 Å². The van der Waals surface area contributed by atoms with E-state index in [0.717, 1.165) is 65.2 Å². The molecule has 0 saturated carbocycles. The van der Waals surface area contributed by atoms with Crippen LogP contribution in [0.5, 0.6) is 0 Å². The first-order chi connectivity index (χ1) is 26.2. The maximum Gasteiger partial charge on any atom is 0.235 e. The van der Waals surface area contributed by atoms with Crippen LogP contribution in [0.4, 0.5) is 0 Å². The van der Waals surface area contributed by atoms with Gasteiger partial charge >= 0.3 is 0 Å². The molecule has 0 saturated heterocycles. The van der Waals surface area contributed by atoms with Crippen molar-refractivity contribution >= 4 is 118 Å². The van der Waals surface area contributed by atoms with E-state index in [9.17, 15) is 0 Å². The molecule has 0 radical (unpaired) electrons. The Morgan fingerprint density at radius 3 is 2.00 bits per heavy atom. The molecule has 9 aromatic carbocycles. The number of para-hydroxylation sites is 2. The lowest BCUT2D eigenvalue weighted by molar-refractivity contribution is 0.669. The third kappa shape index (κ3) is 3.69. The van der Waals surface area contributed by atoms with Gasteiger partial charge in [0.1, 0.15) is 11.2 Å². The minimum atomic E-state index is 0.663. The molecule has 0 unspecified atom stereocenters. The average Bonchev–Trinajstić information content (AvgIpc) is 3.88. The van der Waals surface area contributed by atoms with E-state index >= 15 is 0 Å². The molecule has 53 heavy (non-hydrogen) atoms. The Bertz CT molecular complexity index is 3640. The summed E-state index contributed by atoms with van der Waals surface area (Å²) >= 11 is 1.77. The molecule has 13 aromatic rings. The van der Waals surface area contributed by atoms with Crippen LogP contribution >= 0.6 is 11.3 Å². The summed E-state index contributed by atoms with van der Waals surface area (Å²) in [7, 11) is 0. The number of furan rings is 1. The second-order valence-electron chi connectivity index (χ2n) is 14.1. The molecular weight excluding hydrogens is 667 g/mol. The van der Waals surface area contributed by atoms with Crippen LogP contribution in [0.1, 0.15) is 0 Å².